The Morgan fingerprint density at radius 3 is 1.93 bits per heavy atom. The summed E-state index contributed by atoms with van der Waals surface area (Å²) in [5.74, 6) is 0.264. The van der Waals surface area contributed by atoms with Crippen LogP contribution >= 0.6 is 0 Å². The molecule has 0 spiro atoms. The van der Waals surface area contributed by atoms with Crippen molar-refractivity contribution in [2.24, 2.45) is 0 Å². The highest BCUT2D eigenvalue weighted by molar-refractivity contribution is 7.89. The zero-order chi connectivity index (χ0) is 11.9. The van der Waals surface area contributed by atoms with Gasteiger partial charge in [-0.05, 0) is 26.9 Å². The highest BCUT2D eigenvalue weighted by Gasteiger charge is 2.19. The van der Waals surface area contributed by atoms with Crippen LogP contribution in [0.5, 0.6) is 0 Å². The van der Waals surface area contributed by atoms with E-state index in [-0.39, 0.29) is 5.75 Å². The second kappa shape index (κ2) is 7.19. The van der Waals surface area contributed by atoms with Crippen LogP contribution in [-0.4, -0.2) is 57.1 Å². The van der Waals surface area contributed by atoms with Gasteiger partial charge < -0.3 is 4.90 Å². The molecule has 0 aliphatic rings. The van der Waals surface area contributed by atoms with Crippen LogP contribution in [0, 0.1) is 0 Å². The molecule has 5 heteroatoms. The van der Waals surface area contributed by atoms with E-state index >= 15 is 0 Å². The minimum absolute atomic E-state index is 0.264. The van der Waals surface area contributed by atoms with E-state index in [1.807, 2.05) is 32.8 Å². The molecule has 0 radical (unpaired) electrons. The van der Waals surface area contributed by atoms with Crippen LogP contribution in [0.4, 0.5) is 0 Å². The average Bonchev–Trinajstić information content (AvgIpc) is 2.11. The van der Waals surface area contributed by atoms with Crippen LogP contribution in [0.1, 0.15) is 26.7 Å². The first kappa shape index (κ1) is 14.9. The van der Waals surface area contributed by atoms with Gasteiger partial charge in [0.2, 0.25) is 10.0 Å². The maximum Gasteiger partial charge on any atom is 0.214 e. The van der Waals surface area contributed by atoms with E-state index < -0.39 is 10.0 Å². The molecule has 0 aromatic rings. The molecule has 0 aromatic heterocycles. The second-order valence-corrected chi connectivity index (χ2v) is 6.11. The highest BCUT2D eigenvalue weighted by atomic mass is 32.2. The van der Waals surface area contributed by atoms with Crippen molar-refractivity contribution in [2.75, 3.05) is 39.5 Å². The minimum atomic E-state index is -3.02. The Bertz CT molecular complexity index is 250. The first-order valence-corrected chi connectivity index (χ1v) is 7.17. The van der Waals surface area contributed by atoms with Crippen molar-refractivity contribution in [3.05, 3.63) is 0 Å². The van der Waals surface area contributed by atoms with E-state index in [9.17, 15) is 8.42 Å². The SMILES string of the molecule is CCCN(CCN(C)C)S(=O)(=O)CCC. The largest absolute Gasteiger partial charge is 0.308 e. The first-order chi connectivity index (χ1) is 6.94. The van der Waals surface area contributed by atoms with Crippen LogP contribution in [0.25, 0.3) is 0 Å². The van der Waals surface area contributed by atoms with Crippen molar-refractivity contribution in [3.8, 4) is 0 Å². The van der Waals surface area contributed by atoms with E-state index in [1.165, 1.54) is 0 Å². The average molecular weight is 236 g/mol. The van der Waals surface area contributed by atoms with Gasteiger partial charge in [0.05, 0.1) is 5.75 Å². The van der Waals surface area contributed by atoms with Gasteiger partial charge in [0.15, 0.2) is 0 Å². The number of nitrogens with zero attached hydrogens (tertiary/aromatic N) is 2. The van der Waals surface area contributed by atoms with Gasteiger partial charge in [0, 0.05) is 19.6 Å². The molecule has 0 amide bonds. The summed E-state index contributed by atoms with van der Waals surface area (Å²) in [5.41, 5.74) is 0. The summed E-state index contributed by atoms with van der Waals surface area (Å²) >= 11 is 0. The second-order valence-electron chi connectivity index (χ2n) is 4.02. The monoisotopic (exact) mass is 236 g/mol. The Hall–Kier alpha value is -0.130. The van der Waals surface area contributed by atoms with Crippen LogP contribution in [0.15, 0.2) is 0 Å². The van der Waals surface area contributed by atoms with Gasteiger partial charge in [-0.1, -0.05) is 13.8 Å². The third kappa shape index (κ3) is 6.12. The first-order valence-electron chi connectivity index (χ1n) is 5.56. The molecule has 0 saturated carbocycles. The standard InChI is InChI=1S/C10H24N2O2S/c1-5-7-12(9-8-11(3)4)15(13,14)10-6-2/h5-10H2,1-4H3. The highest BCUT2D eigenvalue weighted by Crippen LogP contribution is 2.04. The number of sulfonamides is 1. The Morgan fingerprint density at radius 1 is 0.933 bits per heavy atom. The summed E-state index contributed by atoms with van der Waals surface area (Å²) in [7, 11) is 0.886. The molecule has 0 aromatic carbocycles. The zero-order valence-electron chi connectivity index (χ0n) is 10.4. The van der Waals surface area contributed by atoms with Gasteiger partial charge in [0.25, 0.3) is 0 Å². The van der Waals surface area contributed by atoms with Crippen molar-refractivity contribution in [2.45, 2.75) is 26.7 Å². The fourth-order valence-corrected chi connectivity index (χ4v) is 2.93. The molecular formula is C10H24N2O2S. The lowest BCUT2D eigenvalue weighted by Crippen LogP contribution is -2.38. The normalized spacial score (nSPS) is 12.7. The van der Waals surface area contributed by atoms with Gasteiger partial charge in [-0.15, -0.1) is 0 Å². The van der Waals surface area contributed by atoms with Crippen LogP contribution < -0.4 is 0 Å². The lowest BCUT2D eigenvalue weighted by molar-refractivity contribution is 0.333. The number of rotatable bonds is 8. The molecule has 0 unspecified atom stereocenters. The fraction of sp³-hybridized carbons (Fsp3) is 1.00. The van der Waals surface area contributed by atoms with Gasteiger partial charge in [-0.25, -0.2) is 12.7 Å². The van der Waals surface area contributed by atoms with Gasteiger partial charge in [0.1, 0.15) is 0 Å². The third-order valence-corrected chi connectivity index (χ3v) is 4.20. The molecule has 92 valence electrons. The third-order valence-electron chi connectivity index (χ3n) is 2.13. The Balaban J connectivity index is 4.37. The Labute approximate surface area is 94.3 Å². The Kier molecular flexibility index (Phi) is 7.13. The van der Waals surface area contributed by atoms with Gasteiger partial charge in [-0.3, -0.25) is 0 Å². The van der Waals surface area contributed by atoms with E-state index in [0.717, 1.165) is 13.0 Å². The Morgan fingerprint density at radius 2 is 1.53 bits per heavy atom. The molecule has 15 heavy (non-hydrogen) atoms. The number of hydrogen-bond acceptors (Lipinski definition) is 3. The van der Waals surface area contributed by atoms with Crippen molar-refractivity contribution in [3.63, 3.8) is 0 Å². The van der Waals surface area contributed by atoms with Crippen LogP contribution in [0.2, 0.25) is 0 Å². The molecule has 0 bridgehead atoms. The van der Waals surface area contributed by atoms with E-state index in [0.29, 0.717) is 19.5 Å². The van der Waals surface area contributed by atoms with Crippen molar-refractivity contribution < 1.29 is 8.42 Å². The smallest absolute Gasteiger partial charge is 0.214 e. The van der Waals surface area contributed by atoms with E-state index in [1.54, 1.807) is 4.31 Å². The zero-order valence-corrected chi connectivity index (χ0v) is 11.2. The van der Waals surface area contributed by atoms with Crippen LogP contribution in [0.3, 0.4) is 0 Å². The predicted octanol–water partition coefficient (Wildman–Crippen LogP) is 1.000. The molecule has 0 aliphatic carbocycles. The lowest BCUT2D eigenvalue weighted by Gasteiger charge is -2.23. The maximum absolute atomic E-state index is 11.8. The lowest BCUT2D eigenvalue weighted by atomic mass is 10.4. The van der Waals surface area contributed by atoms with E-state index in [4.69, 9.17) is 0 Å². The summed E-state index contributed by atoms with van der Waals surface area (Å²) in [6, 6.07) is 0. The molecule has 4 nitrogen and oxygen atoms in total. The summed E-state index contributed by atoms with van der Waals surface area (Å²) in [6.45, 7) is 5.92. The van der Waals surface area contributed by atoms with Crippen molar-refractivity contribution >= 4 is 10.0 Å². The number of hydrogen-bond donors (Lipinski definition) is 0. The molecule has 0 fully saturated rings. The van der Waals surface area contributed by atoms with Crippen LogP contribution in [-0.2, 0) is 10.0 Å². The number of likely N-dealkylation sites (N-methyl/N-ethyl adjacent to an activating group) is 1. The summed E-state index contributed by atoms with van der Waals surface area (Å²) in [6.07, 6.45) is 1.56. The minimum Gasteiger partial charge on any atom is -0.308 e. The maximum atomic E-state index is 11.8. The topological polar surface area (TPSA) is 40.6 Å². The van der Waals surface area contributed by atoms with Gasteiger partial charge >= 0.3 is 0 Å². The molecule has 0 heterocycles. The molecule has 0 saturated heterocycles. The van der Waals surface area contributed by atoms with Gasteiger partial charge in [-0.2, -0.15) is 0 Å². The quantitative estimate of drug-likeness (QED) is 0.631. The molecule has 0 rings (SSSR count). The van der Waals surface area contributed by atoms with E-state index in [2.05, 4.69) is 0 Å². The molecule has 0 atom stereocenters. The summed E-state index contributed by atoms with van der Waals surface area (Å²) in [5, 5.41) is 0. The molecule has 0 N–H and O–H groups in total. The fourth-order valence-electron chi connectivity index (χ4n) is 1.34. The summed E-state index contributed by atoms with van der Waals surface area (Å²) in [4.78, 5) is 2.00. The molecular weight excluding hydrogens is 212 g/mol. The molecule has 0 aliphatic heterocycles. The van der Waals surface area contributed by atoms with Crippen molar-refractivity contribution in [1.29, 1.82) is 0 Å². The van der Waals surface area contributed by atoms with Crippen molar-refractivity contribution in [1.82, 2.24) is 9.21 Å². The summed E-state index contributed by atoms with van der Waals surface area (Å²) < 4.78 is 25.3. The predicted molar refractivity (Wildman–Crippen MR) is 64.5 cm³/mol.